The molecule has 20 heavy (non-hydrogen) atoms. The van der Waals surface area contributed by atoms with E-state index in [-0.39, 0.29) is 36.8 Å². The topological polar surface area (TPSA) is 63.2 Å². The average Bonchev–Trinajstić information content (AvgIpc) is 2.78. The maximum Gasteiger partial charge on any atom is 0.234 e. The smallest absolute Gasteiger partial charge is 0.234 e. The molecule has 1 aromatic heterocycles. The van der Waals surface area contributed by atoms with E-state index in [0.717, 1.165) is 6.42 Å². The Labute approximate surface area is 131 Å². The molecule has 1 amide bonds. The van der Waals surface area contributed by atoms with Crippen LogP contribution in [-0.4, -0.2) is 43.7 Å². The summed E-state index contributed by atoms with van der Waals surface area (Å²) in [4.78, 5) is 15.6. The van der Waals surface area contributed by atoms with Crippen LogP contribution in [0.3, 0.4) is 0 Å². The van der Waals surface area contributed by atoms with Crippen molar-refractivity contribution in [3.63, 3.8) is 0 Å². The van der Waals surface area contributed by atoms with Crippen LogP contribution in [0, 0.1) is 5.92 Å². The van der Waals surface area contributed by atoms with Crippen LogP contribution in [-0.2, 0) is 16.0 Å². The van der Waals surface area contributed by atoms with E-state index in [0.29, 0.717) is 25.7 Å². The summed E-state index contributed by atoms with van der Waals surface area (Å²) in [5.41, 5.74) is 1.23. The van der Waals surface area contributed by atoms with Crippen LogP contribution < -0.4 is 10.6 Å². The lowest BCUT2D eigenvalue weighted by Gasteiger charge is -2.19. The molecule has 1 aliphatic rings. The number of aromatic nitrogens is 1. The van der Waals surface area contributed by atoms with Gasteiger partial charge in [0.2, 0.25) is 5.91 Å². The van der Waals surface area contributed by atoms with Crippen molar-refractivity contribution < 1.29 is 9.53 Å². The minimum Gasteiger partial charge on any atom is -0.379 e. The Kier molecular flexibility index (Phi) is 9.50. The quantitative estimate of drug-likeness (QED) is 0.842. The van der Waals surface area contributed by atoms with Gasteiger partial charge in [0.25, 0.3) is 0 Å². The number of rotatable bonds is 5. The molecule has 0 bridgehead atoms. The third-order valence-corrected chi connectivity index (χ3v) is 3.13. The Hall–Kier alpha value is -0.880. The summed E-state index contributed by atoms with van der Waals surface area (Å²) in [5, 5.41) is 5.85. The number of pyridine rings is 1. The van der Waals surface area contributed by atoms with E-state index < -0.39 is 0 Å². The zero-order chi connectivity index (χ0) is 12.8. The molecule has 1 aliphatic heterocycles. The first-order chi connectivity index (χ1) is 8.79. The highest BCUT2D eigenvalue weighted by Crippen LogP contribution is 2.18. The van der Waals surface area contributed by atoms with Gasteiger partial charge in [-0.15, -0.1) is 24.8 Å². The minimum absolute atomic E-state index is 0. The molecule has 0 aromatic carbocycles. The van der Waals surface area contributed by atoms with E-state index in [9.17, 15) is 4.79 Å². The first-order valence-corrected chi connectivity index (χ1v) is 6.20. The molecule has 0 radical (unpaired) electrons. The van der Waals surface area contributed by atoms with E-state index in [1.54, 1.807) is 19.4 Å². The molecule has 2 N–H and O–H groups in total. The summed E-state index contributed by atoms with van der Waals surface area (Å²) in [6, 6.07) is 4.12. The van der Waals surface area contributed by atoms with Crippen molar-refractivity contribution in [3.8, 4) is 0 Å². The van der Waals surface area contributed by atoms with Gasteiger partial charge in [-0.2, -0.15) is 0 Å². The fourth-order valence-electron chi connectivity index (χ4n) is 2.20. The Bertz CT molecular complexity index is 392. The molecular formula is C13H21Cl2N3O2. The Balaban J connectivity index is 0.00000180. The molecule has 1 saturated heterocycles. The molecule has 2 rings (SSSR count). The number of hydrogen-bond donors (Lipinski definition) is 2. The van der Waals surface area contributed by atoms with Gasteiger partial charge in [-0.05, 0) is 31.2 Å². The molecule has 2 atom stereocenters. The van der Waals surface area contributed by atoms with Gasteiger partial charge in [0.15, 0.2) is 0 Å². The lowest BCUT2D eigenvalue weighted by atomic mass is 9.95. The molecule has 1 aromatic rings. The number of carbonyl (C=O) groups excluding carboxylic acids is 1. The van der Waals surface area contributed by atoms with Crippen LogP contribution in [0.4, 0.5) is 0 Å². The van der Waals surface area contributed by atoms with Crippen LogP contribution in [0.15, 0.2) is 24.5 Å². The zero-order valence-electron chi connectivity index (χ0n) is 11.4. The van der Waals surface area contributed by atoms with Crippen molar-refractivity contribution in [2.75, 3.05) is 26.8 Å². The van der Waals surface area contributed by atoms with Gasteiger partial charge in [-0.1, -0.05) is 0 Å². The number of amides is 1. The summed E-state index contributed by atoms with van der Waals surface area (Å²) >= 11 is 0. The summed E-state index contributed by atoms with van der Waals surface area (Å²) in [6.45, 7) is 1.65. The van der Waals surface area contributed by atoms with Crippen LogP contribution in [0.25, 0.3) is 0 Å². The number of halogens is 2. The van der Waals surface area contributed by atoms with Gasteiger partial charge >= 0.3 is 0 Å². The molecule has 0 saturated carbocycles. The van der Waals surface area contributed by atoms with Crippen LogP contribution in [0.5, 0.6) is 0 Å². The second-order valence-corrected chi connectivity index (χ2v) is 4.56. The summed E-state index contributed by atoms with van der Waals surface area (Å²) in [7, 11) is 1.76. The fourth-order valence-corrected chi connectivity index (χ4v) is 2.20. The lowest BCUT2D eigenvalue weighted by molar-refractivity contribution is -0.121. The SMILES string of the molecule is CNCC(=O)N[C@@H]1COC[C@H]1Cc1ccncc1.Cl.Cl. The highest BCUT2D eigenvalue weighted by molar-refractivity contribution is 5.85. The lowest BCUT2D eigenvalue weighted by Crippen LogP contribution is -2.43. The maximum atomic E-state index is 11.6. The summed E-state index contributed by atoms with van der Waals surface area (Å²) < 4.78 is 5.47. The first-order valence-electron chi connectivity index (χ1n) is 6.20. The largest absolute Gasteiger partial charge is 0.379 e. The molecule has 5 nitrogen and oxygen atoms in total. The molecule has 0 aliphatic carbocycles. The van der Waals surface area contributed by atoms with Crippen LogP contribution in [0.1, 0.15) is 5.56 Å². The first kappa shape index (κ1) is 19.1. The minimum atomic E-state index is 0. The third-order valence-electron chi connectivity index (χ3n) is 3.13. The van der Waals surface area contributed by atoms with E-state index >= 15 is 0 Å². The number of likely N-dealkylation sites (N-methyl/N-ethyl adjacent to an activating group) is 1. The Morgan fingerprint density at radius 1 is 1.35 bits per heavy atom. The molecular weight excluding hydrogens is 301 g/mol. The fraction of sp³-hybridized carbons (Fsp3) is 0.538. The average molecular weight is 322 g/mol. The molecule has 7 heteroatoms. The van der Waals surface area contributed by atoms with Gasteiger partial charge in [0, 0.05) is 18.3 Å². The van der Waals surface area contributed by atoms with Gasteiger partial charge in [-0.25, -0.2) is 0 Å². The number of nitrogens with one attached hydrogen (secondary N) is 2. The van der Waals surface area contributed by atoms with Crippen molar-refractivity contribution in [2.45, 2.75) is 12.5 Å². The molecule has 1 fully saturated rings. The van der Waals surface area contributed by atoms with E-state index in [4.69, 9.17) is 4.74 Å². The highest BCUT2D eigenvalue weighted by Gasteiger charge is 2.29. The zero-order valence-corrected chi connectivity index (χ0v) is 13.0. The second-order valence-electron chi connectivity index (χ2n) is 4.56. The second kappa shape index (κ2) is 9.94. The van der Waals surface area contributed by atoms with Crippen molar-refractivity contribution in [3.05, 3.63) is 30.1 Å². The van der Waals surface area contributed by atoms with Crippen molar-refractivity contribution in [1.82, 2.24) is 15.6 Å². The summed E-state index contributed by atoms with van der Waals surface area (Å²) in [5.74, 6) is 0.362. The van der Waals surface area contributed by atoms with Gasteiger partial charge in [0.1, 0.15) is 0 Å². The predicted octanol–water partition coefficient (Wildman–Crippen LogP) is 0.818. The number of hydrogen-bond acceptors (Lipinski definition) is 4. The third kappa shape index (κ3) is 5.63. The number of nitrogens with zero attached hydrogens (tertiary/aromatic N) is 1. The highest BCUT2D eigenvalue weighted by atomic mass is 35.5. The standard InChI is InChI=1S/C13H19N3O2.2ClH/c1-14-7-13(17)16-12-9-18-8-11(12)6-10-2-4-15-5-3-10;;/h2-5,11-12,14H,6-9H2,1H3,(H,16,17);2*1H/t11-,12-;;/m1../s1. The normalized spacial score (nSPS) is 20.6. The predicted molar refractivity (Wildman–Crippen MR) is 82.6 cm³/mol. The Morgan fingerprint density at radius 2 is 2.05 bits per heavy atom. The van der Waals surface area contributed by atoms with Crippen LogP contribution in [0.2, 0.25) is 0 Å². The van der Waals surface area contributed by atoms with Crippen molar-refractivity contribution in [2.24, 2.45) is 5.92 Å². The maximum absolute atomic E-state index is 11.6. The number of ether oxygens (including phenoxy) is 1. The Morgan fingerprint density at radius 3 is 2.70 bits per heavy atom. The summed E-state index contributed by atoms with van der Waals surface area (Å²) in [6.07, 6.45) is 4.49. The molecule has 114 valence electrons. The van der Waals surface area contributed by atoms with Crippen molar-refractivity contribution >= 4 is 30.7 Å². The monoisotopic (exact) mass is 321 g/mol. The van der Waals surface area contributed by atoms with Gasteiger partial charge in [0.05, 0.1) is 25.8 Å². The molecule has 0 spiro atoms. The molecule has 0 unspecified atom stereocenters. The molecule has 2 heterocycles. The van der Waals surface area contributed by atoms with E-state index in [2.05, 4.69) is 15.6 Å². The van der Waals surface area contributed by atoms with Crippen LogP contribution >= 0.6 is 24.8 Å². The van der Waals surface area contributed by atoms with Gasteiger partial charge in [-0.3, -0.25) is 9.78 Å². The van der Waals surface area contributed by atoms with Gasteiger partial charge < -0.3 is 15.4 Å². The van der Waals surface area contributed by atoms with E-state index in [1.165, 1.54) is 5.56 Å². The number of carbonyl (C=O) groups is 1. The van der Waals surface area contributed by atoms with E-state index in [1.807, 2.05) is 12.1 Å². The van der Waals surface area contributed by atoms with Crippen molar-refractivity contribution in [1.29, 1.82) is 0 Å².